The maximum atomic E-state index is 9.64. The van der Waals surface area contributed by atoms with Gasteiger partial charge < -0.3 is 9.94 Å². The Balaban J connectivity index is 2.43. The van der Waals surface area contributed by atoms with E-state index in [2.05, 4.69) is 5.16 Å². The van der Waals surface area contributed by atoms with Crippen LogP contribution in [0.3, 0.4) is 0 Å². The molecule has 0 aliphatic carbocycles. The lowest BCUT2D eigenvalue weighted by Gasteiger charge is -2.08. The lowest BCUT2D eigenvalue weighted by Crippen LogP contribution is -2.04. The predicted octanol–water partition coefficient (Wildman–Crippen LogP) is 2.13. The van der Waals surface area contributed by atoms with E-state index >= 15 is 0 Å². The van der Waals surface area contributed by atoms with Gasteiger partial charge in [-0.1, -0.05) is 35.5 Å². The number of oxime groups is 1. The van der Waals surface area contributed by atoms with Crippen molar-refractivity contribution in [3.63, 3.8) is 0 Å². The Hall–Kier alpha value is -1.35. The molecule has 3 heteroatoms. The minimum Gasteiger partial charge on any atom is -0.393 e. The van der Waals surface area contributed by atoms with Gasteiger partial charge in [-0.3, -0.25) is 0 Å². The molecule has 0 saturated heterocycles. The van der Waals surface area contributed by atoms with Crippen molar-refractivity contribution in [3.05, 3.63) is 35.9 Å². The molecule has 0 spiro atoms. The Kier molecular flexibility index (Phi) is 4.13. The van der Waals surface area contributed by atoms with Gasteiger partial charge >= 0.3 is 0 Å². The predicted molar refractivity (Wildman–Crippen MR) is 56.1 cm³/mol. The molecule has 0 aliphatic rings. The first-order valence-corrected chi connectivity index (χ1v) is 4.56. The Labute approximate surface area is 84.0 Å². The summed E-state index contributed by atoms with van der Waals surface area (Å²) in [6.45, 7) is 3.87. The molecule has 14 heavy (non-hydrogen) atoms. The molecule has 0 fully saturated rings. The minimum atomic E-state index is -0.612. The van der Waals surface area contributed by atoms with E-state index in [0.717, 1.165) is 11.3 Å². The maximum absolute atomic E-state index is 9.64. The highest BCUT2D eigenvalue weighted by Crippen LogP contribution is 2.11. The fourth-order valence-corrected chi connectivity index (χ4v) is 1.01. The van der Waals surface area contributed by atoms with Gasteiger partial charge in [0.15, 0.2) is 0 Å². The molecule has 0 aliphatic heterocycles. The fraction of sp³-hybridized carbons (Fsp3) is 0.364. The molecule has 3 nitrogen and oxygen atoms in total. The van der Waals surface area contributed by atoms with Crippen molar-refractivity contribution in [2.75, 3.05) is 6.61 Å². The quantitative estimate of drug-likeness (QED) is 0.588. The summed E-state index contributed by atoms with van der Waals surface area (Å²) in [7, 11) is 0. The Morgan fingerprint density at radius 1 is 1.36 bits per heavy atom. The normalized spacial score (nSPS) is 11.9. The molecule has 1 aromatic rings. The monoisotopic (exact) mass is 193 g/mol. The summed E-state index contributed by atoms with van der Waals surface area (Å²) < 4.78 is 0. The van der Waals surface area contributed by atoms with Crippen molar-refractivity contribution in [2.24, 2.45) is 5.16 Å². The van der Waals surface area contributed by atoms with E-state index in [0.29, 0.717) is 0 Å². The molecule has 1 rings (SSSR count). The summed E-state index contributed by atoms with van der Waals surface area (Å²) in [4.78, 5) is 4.95. The third-order valence-electron chi connectivity index (χ3n) is 1.66. The van der Waals surface area contributed by atoms with E-state index < -0.39 is 6.10 Å². The van der Waals surface area contributed by atoms with Crippen molar-refractivity contribution in [1.82, 2.24) is 0 Å². The highest BCUT2D eigenvalue weighted by atomic mass is 16.6. The summed E-state index contributed by atoms with van der Waals surface area (Å²) in [6, 6.07) is 9.39. The zero-order valence-corrected chi connectivity index (χ0v) is 8.47. The minimum absolute atomic E-state index is 0.190. The Morgan fingerprint density at radius 3 is 2.57 bits per heavy atom. The maximum Gasteiger partial charge on any atom is 0.147 e. The first kappa shape index (κ1) is 10.7. The van der Waals surface area contributed by atoms with Crippen molar-refractivity contribution >= 4 is 5.71 Å². The average molecular weight is 193 g/mol. The first-order chi connectivity index (χ1) is 6.70. The largest absolute Gasteiger partial charge is 0.393 e. The van der Waals surface area contributed by atoms with Gasteiger partial charge in [-0.05, 0) is 19.4 Å². The topological polar surface area (TPSA) is 41.8 Å². The fourth-order valence-electron chi connectivity index (χ4n) is 1.01. The smallest absolute Gasteiger partial charge is 0.147 e. The van der Waals surface area contributed by atoms with Crippen LogP contribution < -0.4 is 0 Å². The molecular formula is C11H15NO2. The number of hydrogen-bond donors (Lipinski definition) is 1. The molecule has 0 bridgehead atoms. The number of nitrogens with zero attached hydrogens (tertiary/aromatic N) is 1. The second kappa shape index (κ2) is 5.40. The van der Waals surface area contributed by atoms with Crippen LogP contribution >= 0.6 is 0 Å². The third kappa shape index (κ3) is 3.58. The highest BCUT2D eigenvalue weighted by Gasteiger charge is 2.06. The van der Waals surface area contributed by atoms with Gasteiger partial charge in [-0.15, -0.1) is 0 Å². The van der Waals surface area contributed by atoms with Crippen LogP contribution in [0.25, 0.3) is 0 Å². The van der Waals surface area contributed by atoms with Crippen LogP contribution in [0.5, 0.6) is 0 Å². The van der Waals surface area contributed by atoms with Crippen LogP contribution in [0.1, 0.15) is 25.5 Å². The van der Waals surface area contributed by atoms with E-state index in [1.54, 1.807) is 0 Å². The lowest BCUT2D eigenvalue weighted by molar-refractivity contribution is 0.0393. The number of aliphatic hydroxyl groups is 1. The number of hydrogen-bond acceptors (Lipinski definition) is 3. The standard InChI is InChI=1S/C11H15NO2/c1-9(2)12-14-8-11(13)10-6-4-3-5-7-10/h3-7,11,13H,8H2,1-2H3/t11-/m1/s1. The molecule has 1 atom stereocenters. The van der Waals surface area contributed by atoms with Gasteiger partial charge in [0.05, 0.1) is 5.71 Å². The highest BCUT2D eigenvalue weighted by molar-refractivity contribution is 5.78. The second-order valence-electron chi connectivity index (χ2n) is 3.26. The van der Waals surface area contributed by atoms with Crippen LogP contribution in [0.15, 0.2) is 35.5 Å². The number of rotatable bonds is 4. The summed E-state index contributed by atoms with van der Waals surface area (Å²) in [5, 5.41) is 13.4. The van der Waals surface area contributed by atoms with Crippen LogP contribution in [0, 0.1) is 0 Å². The van der Waals surface area contributed by atoms with Gasteiger partial charge in [0.1, 0.15) is 12.7 Å². The zero-order chi connectivity index (χ0) is 10.4. The molecule has 0 saturated carbocycles. The molecule has 76 valence electrons. The third-order valence-corrected chi connectivity index (χ3v) is 1.66. The van der Waals surface area contributed by atoms with E-state index in [1.165, 1.54) is 0 Å². The van der Waals surface area contributed by atoms with Crippen molar-refractivity contribution in [1.29, 1.82) is 0 Å². The van der Waals surface area contributed by atoms with Gasteiger partial charge in [0, 0.05) is 0 Å². The van der Waals surface area contributed by atoms with E-state index in [9.17, 15) is 5.11 Å². The summed E-state index contributed by atoms with van der Waals surface area (Å²) >= 11 is 0. The van der Waals surface area contributed by atoms with Crippen molar-refractivity contribution in [2.45, 2.75) is 20.0 Å². The van der Waals surface area contributed by atoms with E-state index in [-0.39, 0.29) is 6.61 Å². The van der Waals surface area contributed by atoms with Crippen LogP contribution in [0.4, 0.5) is 0 Å². The Bertz CT molecular complexity index is 291. The van der Waals surface area contributed by atoms with Gasteiger partial charge in [-0.25, -0.2) is 0 Å². The van der Waals surface area contributed by atoms with Crippen LogP contribution in [-0.2, 0) is 4.84 Å². The molecule has 0 amide bonds. The summed E-state index contributed by atoms with van der Waals surface area (Å²) in [5.41, 5.74) is 1.68. The van der Waals surface area contributed by atoms with Crippen LogP contribution in [0.2, 0.25) is 0 Å². The lowest BCUT2D eigenvalue weighted by atomic mass is 10.1. The second-order valence-corrected chi connectivity index (χ2v) is 3.26. The molecule has 1 aromatic carbocycles. The van der Waals surface area contributed by atoms with E-state index in [1.807, 2.05) is 44.2 Å². The van der Waals surface area contributed by atoms with E-state index in [4.69, 9.17) is 4.84 Å². The molecular weight excluding hydrogens is 178 g/mol. The molecule has 0 radical (unpaired) electrons. The van der Waals surface area contributed by atoms with Crippen molar-refractivity contribution < 1.29 is 9.94 Å². The number of benzene rings is 1. The molecule has 0 heterocycles. The zero-order valence-electron chi connectivity index (χ0n) is 8.47. The van der Waals surface area contributed by atoms with Gasteiger partial charge in [-0.2, -0.15) is 0 Å². The molecule has 0 aromatic heterocycles. The van der Waals surface area contributed by atoms with Gasteiger partial charge in [0.25, 0.3) is 0 Å². The molecule has 1 N–H and O–H groups in total. The first-order valence-electron chi connectivity index (χ1n) is 4.56. The van der Waals surface area contributed by atoms with Crippen molar-refractivity contribution in [3.8, 4) is 0 Å². The molecule has 0 unspecified atom stereocenters. The average Bonchev–Trinajstić information content (AvgIpc) is 2.18. The summed E-state index contributed by atoms with van der Waals surface area (Å²) in [6.07, 6.45) is -0.612. The van der Waals surface area contributed by atoms with Crippen LogP contribution in [-0.4, -0.2) is 17.4 Å². The SMILES string of the molecule is CC(C)=NOC[C@@H](O)c1ccccc1. The summed E-state index contributed by atoms with van der Waals surface area (Å²) in [5.74, 6) is 0. The van der Waals surface area contributed by atoms with Gasteiger partial charge in [0.2, 0.25) is 0 Å². The Morgan fingerprint density at radius 2 is 2.00 bits per heavy atom. The number of aliphatic hydroxyl groups excluding tert-OH is 1.